The number of alkyl halides is 2. The van der Waals surface area contributed by atoms with Crippen LogP contribution in [0.2, 0.25) is 0 Å². The smallest absolute Gasteiger partial charge is 0.387 e. The first-order valence-corrected chi connectivity index (χ1v) is 10.5. The molecule has 1 unspecified atom stereocenters. The molecule has 0 spiro atoms. The van der Waals surface area contributed by atoms with Gasteiger partial charge in [-0.3, -0.25) is 4.90 Å². The molecule has 1 saturated heterocycles. The molecule has 0 radical (unpaired) electrons. The van der Waals surface area contributed by atoms with Gasteiger partial charge in [0.15, 0.2) is 5.96 Å². The number of ether oxygens (including phenoxy) is 2. The van der Waals surface area contributed by atoms with Gasteiger partial charge in [-0.2, -0.15) is 8.78 Å². The quantitative estimate of drug-likeness (QED) is 0.508. The molecule has 1 aliphatic carbocycles. The Morgan fingerprint density at radius 2 is 2.07 bits per heavy atom. The number of halogens is 2. The van der Waals surface area contributed by atoms with Gasteiger partial charge >= 0.3 is 6.61 Å². The van der Waals surface area contributed by atoms with E-state index < -0.39 is 6.61 Å². The first kappa shape index (κ1) is 21.6. The third-order valence-electron chi connectivity index (χ3n) is 5.64. The second-order valence-electron chi connectivity index (χ2n) is 7.61. The van der Waals surface area contributed by atoms with Crippen LogP contribution in [0.25, 0.3) is 0 Å². The number of benzene rings is 1. The predicted molar refractivity (Wildman–Crippen MR) is 110 cm³/mol. The van der Waals surface area contributed by atoms with Crippen molar-refractivity contribution in [3.63, 3.8) is 0 Å². The number of methoxy groups -OCH3 is 1. The first-order chi connectivity index (χ1) is 14.1. The number of rotatable bonds is 8. The molecule has 8 heteroatoms. The maximum Gasteiger partial charge on any atom is 0.387 e. The highest BCUT2D eigenvalue weighted by atomic mass is 19.3. The van der Waals surface area contributed by atoms with E-state index in [4.69, 9.17) is 4.74 Å². The van der Waals surface area contributed by atoms with Crippen molar-refractivity contribution in [1.29, 1.82) is 0 Å². The summed E-state index contributed by atoms with van der Waals surface area (Å²) in [6.07, 6.45) is 6.39. The van der Waals surface area contributed by atoms with Crippen LogP contribution >= 0.6 is 0 Å². The third-order valence-corrected chi connectivity index (χ3v) is 5.64. The highest BCUT2D eigenvalue weighted by Crippen LogP contribution is 2.28. The Morgan fingerprint density at radius 1 is 1.28 bits per heavy atom. The molecule has 2 fully saturated rings. The average Bonchev–Trinajstić information content (AvgIpc) is 3.38. The van der Waals surface area contributed by atoms with E-state index in [0.29, 0.717) is 23.3 Å². The van der Waals surface area contributed by atoms with Crippen LogP contribution in [0.5, 0.6) is 11.5 Å². The molecular weight excluding hydrogens is 378 g/mol. The van der Waals surface area contributed by atoms with Gasteiger partial charge in [0.2, 0.25) is 0 Å². The van der Waals surface area contributed by atoms with E-state index >= 15 is 0 Å². The summed E-state index contributed by atoms with van der Waals surface area (Å²) in [5.74, 6) is 1.26. The molecule has 1 aromatic carbocycles. The second kappa shape index (κ2) is 10.6. The summed E-state index contributed by atoms with van der Waals surface area (Å²) in [7, 11) is 1.49. The summed E-state index contributed by atoms with van der Waals surface area (Å²) in [4.78, 5) is 7.19. The Bertz CT molecular complexity index is 681. The molecule has 2 N–H and O–H groups in total. The number of likely N-dealkylation sites (tertiary alicyclic amines) is 1. The molecule has 0 bridgehead atoms. The minimum absolute atomic E-state index is 0.0900. The van der Waals surface area contributed by atoms with Gasteiger partial charge in [-0.1, -0.05) is 12.8 Å². The third kappa shape index (κ3) is 6.19. The van der Waals surface area contributed by atoms with Gasteiger partial charge in [0.05, 0.1) is 13.7 Å². The van der Waals surface area contributed by atoms with E-state index in [1.165, 1.54) is 38.9 Å². The second-order valence-corrected chi connectivity index (χ2v) is 7.61. The van der Waals surface area contributed by atoms with Crippen molar-refractivity contribution in [2.24, 2.45) is 4.99 Å². The van der Waals surface area contributed by atoms with Gasteiger partial charge in [-0.25, -0.2) is 4.99 Å². The van der Waals surface area contributed by atoms with Gasteiger partial charge in [0, 0.05) is 43.3 Å². The summed E-state index contributed by atoms with van der Waals surface area (Å²) in [6.45, 7) is 2.23. The lowest BCUT2D eigenvalue weighted by Gasteiger charge is -2.24. The van der Waals surface area contributed by atoms with Gasteiger partial charge in [-0.05, 0) is 38.3 Å². The molecule has 0 amide bonds. The zero-order chi connectivity index (χ0) is 20.6. The lowest BCUT2D eigenvalue weighted by Crippen LogP contribution is -2.45. The number of nitrogens with zero attached hydrogens (tertiary/aromatic N) is 2. The molecule has 1 aliphatic heterocycles. The molecule has 6 nitrogen and oxygen atoms in total. The fourth-order valence-electron chi connectivity index (χ4n) is 4.18. The maximum atomic E-state index is 12.8. The SMILES string of the molecule is CCNC(=NCc1ccc(OC)cc1OC(F)F)NC1CCN(C2CCCC2)C1. The molecular formula is C21H32F2N4O2. The average molecular weight is 411 g/mol. The van der Waals surface area contributed by atoms with Crippen molar-refractivity contribution in [2.75, 3.05) is 26.7 Å². The van der Waals surface area contributed by atoms with Crippen molar-refractivity contribution in [2.45, 2.75) is 64.3 Å². The molecule has 3 rings (SSSR count). The number of aliphatic imine (C=N–C) groups is 1. The summed E-state index contributed by atoms with van der Waals surface area (Å²) in [5, 5.41) is 6.76. The summed E-state index contributed by atoms with van der Waals surface area (Å²) < 4.78 is 35.3. The van der Waals surface area contributed by atoms with Gasteiger partial charge in [0.1, 0.15) is 11.5 Å². The molecule has 0 aromatic heterocycles. The van der Waals surface area contributed by atoms with Gasteiger partial charge in [-0.15, -0.1) is 0 Å². The highest BCUT2D eigenvalue weighted by Gasteiger charge is 2.30. The summed E-state index contributed by atoms with van der Waals surface area (Å²) >= 11 is 0. The van der Waals surface area contributed by atoms with Crippen molar-refractivity contribution < 1.29 is 18.3 Å². The van der Waals surface area contributed by atoms with Crippen molar-refractivity contribution in [3.05, 3.63) is 23.8 Å². The number of guanidine groups is 1. The van der Waals surface area contributed by atoms with E-state index in [1.807, 2.05) is 6.92 Å². The van der Waals surface area contributed by atoms with E-state index in [-0.39, 0.29) is 12.3 Å². The zero-order valence-electron chi connectivity index (χ0n) is 17.3. The molecule has 1 atom stereocenters. The highest BCUT2D eigenvalue weighted by molar-refractivity contribution is 5.80. The summed E-state index contributed by atoms with van der Waals surface area (Å²) in [6, 6.07) is 5.98. The molecule has 1 saturated carbocycles. The molecule has 1 heterocycles. The Labute approximate surface area is 171 Å². The van der Waals surface area contributed by atoms with Crippen LogP contribution in [0, 0.1) is 0 Å². The minimum Gasteiger partial charge on any atom is -0.497 e. The van der Waals surface area contributed by atoms with Crippen molar-refractivity contribution in [1.82, 2.24) is 15.5 Å². The lowest BCUT2D eigenvalue weighted by atomic mass is 10.2. The van der Waals surface area contributed by atoms with E-state index in [1.54, 1.807) is 12.1 Å². The standard InChI is InChI=1S/C21H32F2N4O2/c1-3-24-21(26-16-10-11-27(14-16)17-6-4-5-7-17)25-13-15-8-9-18(28-2)12-19(15)29-20(22)23/h8-9,12,16-17,20H,3-7,10-11,13-14H2,1-2H3,(H2,24,25,26). The van der Waals surface area contributed by atoms with E-state index in [2.05, 4.69) is 25.3 Å². The number of hydrogen-bond donors (Lipinski definition) is 2. The number of nitrogens with one attached hydrogen (secondary N) is 2. The van der Waals surface area contributed by atoms with Crippen molar-refractivity contribution in [3.8, 4) is 11.5 Å². The van der Waals surface area contributed by atoms with Crippen LogP contribution in [0.15, 0.2) is 23.2 Å². The molecule has 29 heavy (non-hydrogen) atoms. The zero-order valence-corrected chi connectivity index (χ0v) is 17.3. The topological polar surface area (TPSA) is 58.1 Å². The van der Waals surface area contributed by atoms with Gasteiger partial charge in [0.25, 0.3) is 0 Å². The van der Waals surface area contributed by atoms with Crippen LogP contribution in [-0.4, -0.2) is 56.3 Å². The van der Waals surface area contributed by atoms with Gasteiger partial charge < -0.3 is 20.1 Å². The predicted octanol–water partition coefficient (Wildman–Crippen LogP) is 3.37. The normalized spacial score (nSPS) is 21.0. The van der Waals surface area contributed by atoms with Crippen LogP contribution in [-0.2, 0) is 6.54 Å². The lowest BCUT2D eigenvalue weighted by molar-refractivity contribution is -0.0505. The molecule has 1 aromatic rings. The van der Waals surface area contributed by atoms with Crippen LogP contribution in [0.4, 0.5) is 8.78 Å². The largest absolute Gasteiger partial charge is 0.497 e. The first-order valence-electron chi connectivity index (χ1n) is 10.5. The Morgan fingerprint density at radius 3 is 2.76 bits per heavy atom. The fraction of sp³-hybridized carbons (Fsp3) is 0.667. The molecule has 2 aliphatic rings. The van der Waals surface area contributed by atoms with Crippen LogP contribution in [0.1, 0.15) is 44.6 Å². The Kier molecular flexibility index (Phi) is 7.91. The van der Waals surface area contributed by atoms with E-state index in [0.717, 1.165) is 32.1 Å². The Hall–Kier alpha value is -2.09. The number of hydrogen-bond acceptors (Lipinski definition) is 4. The maximum absolute atomic E-state index is 12.8. The molecule has 162 valence electrons. The van der Waals surface area contributed by atoms with Crippen LogP contribution in [0.3, 0.4) is 0 Å². The van der Waals surface area contributed by atoms with Crippen molar-refractivity contribution >= 4 is 5.96 Å². The van der Waals surface area contributed by atoms with Crippen LogP contribution < -0.4 is 20.1 Å². The summed E-state index contributed by atoms with van der Waals surface area (Å²) in [5.41, 5.74) is 0.585. The fourth-order valence-corrected chi connectivity index (χ4v) is 4.18. The monoisotopic (exact) mass is 410 g/mol. The Balaban J connectivity index is 1.63. The van der Waals surface area contributed by atoms with E-state index in [9.17, 15) is 8.78 Å². The minimum atomic E-state index is -2.89.